The lowest BCUT2D eigenvalue weighted by atomic mass is 10.2. The first-order valence-corrected chi connectivity index (χ1v) is 6.96. The number of anilines is 1. The molecule has 0 saturated carbocycles. The van der Waals surface area contributed by atoms with Gasteiger partial charge in [-0.15, -0.1) is 0 Å². The molecule has 2 aromatic heterocycles. The first kappa shape index (κ1) is 12.9. The second-order valence-electron chi connectivity index (χ2n) is 4.51. The Morgan fingerprint density at radius 2 is 2.05 bits per heavy atom. The highest BCUT2D eigenvalue weighted by Gasteiger charge is 2.12. The molecule has 20 heavy (non-hydrogen) atoms. The summed E-state index contributed by atoms with van der Waals surface area (Å²) in [5.74, 6) is 0.982. The van der Waals surface area contributed by atoms with E-state index in [2.05, 4.69) is 34.3 Å². The zero-order valence-electron chi connectivity index (χ0n) is 11.2. The number of aryl methyl sites for hydroxylation is 1. The van der Waals surface area contributed by atoms with Crippen LogP contribution in [-0.4, -0.2) is 14.4 Å². The van der Waals surface area contributed by atoms with Crippen molar-refractivity contribution in [1.29, 1.82) is 0 Å². The highest BCUT2D eigenvalue weighted by Crippen LogP contribution is 2.23. The molecule has 0 aliphatic carbocycles. The molecular weight excluding hydrogens is 272 g/mol. The first-order valence-electron chi connectivity index (χ1n) is 6.59. The van der Waals surface area contributed by atoms with Gasteiger partial charge in [0.15, 0.2) is 10.8 Å². The van der Waals surface area contributed by atoms with Gasteiger partial charge in [-0.25, -0.2) is 9.97 Å². The van der Waals surface area contributed by atoms with Crippen molar-refractivity contribution in [2.75, 3.05) is 5.32 Å². The van der Waals surface area contributed by atoms with Crippen molar-refractivity contribution in [3.8, 4) is 0 Å². The number of benzene rings is 1. The van der Waals surface area contributed by atoms with Crippen LogP contribution in [-0.2, 0) is 13.0 Å². The van der Waals surface area contributed by atoms with Gasteiger partial charge in [0.25, 0.3) is 0 Å². The van der Waals surface area contributed by atoms with Crippen LogP contribution in [0.2, 0.25) is 5.15 Å². The van der Waals surface area contributed by atoms with E-state index in [1.54, 1.807) is 6.20 Å². The zero-order valence-corrected chi connectivity index (χ0v) is 11.9. The monoisotopic (exact) mass is 286 g/mol. The van der Waals surface area contributed by atoms with Crippen molar-refractivity contribution >= 4 is 23.1 Å². The van der Waals surface area contributed by atoms with Gasteiger partial charge in [0.05, 0.1) is 5.69 Å². The van der Waals surface area contributed by atoms with Crippen LogP contribution in [0, 0.1) is 0 Å². The van der Waals surface area contributed by atoms with E-state index >= 15 is 0 Å². The molecule has 0 spiro atoms. The van der Waals surface area contributed by atoms with Crippen molar-refractivity contribution in [2.45, 2.75) is 19.9 Å². The van der Waals surface area contributed by atoms with E-state index in [0.29, 0.717) is 10.8 Å². The standard InChI is InChI=1S/C15H15ClN4/c1-2-12-14(18-10-11-6-4-3-5-7-11)20-9-8-17-13(16)15(20)19-12/h3-9,18H,2,10H2,1H3. The molecule has 4 nitrogen and oxygen atoms in total. The second-order valence-corrected chi connectivity index (χ2v) is 4.87. The van der Waals surface area contributed by atoms with Crippen LogP contribution in [0.25, 0.3) is 5.65 Å². The fourth-order valence-corrected chi connectivity index (χ4v) is 2.40. The summed E-state index contributed by atoms with van der Waals surface area (Å²) in [6.45, 7) is 2.83. The molecule has 0 amide bonds. The third kappa shape index (κ3) is 2.34. The van der Waals surface area contributed by atoms with E-state index in [4.69, 9.17) is 11.6 Å². The SMILES string of the molecule is CCc1nc2c(Cl)nccn2c1NCc1ccccc1. The van der Waals surface area contributed by atoms with Gasteiger partial charge in [-0.3, -0.25) is 4.40 Å². The zero-order chi connectivity index (χ0) is 13.9. The summed E-state index contributed by atoms with van der Waals surface area (Å²) in [6, 6.07) is 10.3. The van der Waals surface area contributed by atoms with Gasteiger partial charge >= 0.3 is 0 Å². The number of imidazole rings is 1. The third-order valence-electron chi connectivity index (χ3n) is 3.21. The normalized spacial score (nSPS) is 10.9. The van der Waals surface area contributed by atoms with Crippen LogP contribution in [0.5, 0.6) is 0 Å². The number of nitrogens with zero attached hydrogens (tertiary/aromatic N) is 3. The molecule has 3 rings (SSSR count). The number of aromatic nitrogens is 3. The predicted octanol–water partition coefficient (Wildman–Crippen LogP) is 3.56. The first-order chi connectivity index (χ1) is 9.79. The van der Waals surface area contributed by atoms with Crippen molar-refractivity contribution in [3.63, 3.8) is 0 Å². The Balaban J connectivity index is 1.96. The Hall–Kier alpha value is -2.07. The number of fused-ring (bicyclic) bond motifs is 1. The molecular formula is C15H15ClN4. The fourth-order valence-electron chi connectivity index (χ4n) is 2.21. The molecule has 0 fully saturated rings. The van der Waals surface area contributed by atoms with Crippen LogP contribution < -0.4 is 5.32 Å². The Morgan fingerprint density at radius 1 is 1.25 bits per heavy atom. The molecule has 0 aliphatic rings. The lowest BCUT2D eigenvalue weighted by Gasteiger charge is -2.08. The maximum absolute atomic E-state index is 6.09. The number of hydrogen-bond acceptors (Lipinski definition) is 3. The summed E-state index contributed by atoms with van der Waals surface area (Å²) in [6.07, 6.45) is 4.40. The number of rotatable bonds is 4. The quantitative estimate of drug-likeness (QED) is 0.797. The molecule has 2 heterocycles. The molecule has 3 aromatic rings. The largest absolute Gasteiger partial charge is 0.366 e. The molecule has 1 aromatic carbocycles. The van der Waals surface area contributed by atoms with Gasteiger partial charge in [-0.05, 0) is 12.0 Å². The van der Waals surface area contributed by atoms with Crippen LogP contribution in [0.1, 0.15) is 18.2 Å². The average molecular weight is 287 g/mol. The van der Waals surface area contributed by atoms with Crippen LogP contribution in [0.15, 0.2) is 42.7 Å². The summed E-state index contributed by atoms with van der Waals surface area (Å²) < 4.78 is 1.96. The van der Waals surface area contributed by atoms with Gasteiger partial charge in [0, 0.05) is 18.9 Å². The average Bonchev–Trinajstić information content (AvgIpc) is 2.85. The minimum absolute atomic E-state index is 0.426. The van der Waals surface area contributed by atoms with Crippen LogP contribution >= 0.6 is 11.6 Å². The number of halogens is 1. The maximum atomic E-state index is 6.09. The van der Waals surface area contributed by atoms with Gasteiger partial charge in [-0.2, -0.15) is 0 Å². The van der Waals surface area contributed by atoms with E-state index in [0.717, 1.165) is 24.5 Å². The van der Waals surface area contributed by atoms with Crippen molar-refractivity contribution in [2.24, 2.45) is 0 Å². The summed E-state index contributed by atoms with van der Waals surface area (Å²) in [5.41, 5.74) is 2.92. The Morgan fingerprint density at radius 3 is 2.80 bits per heavy atom. The Labute approximate surface area is 122 Å². The van der Waals surface area contributed by atoms with Crippen molar-refractivity contribution in [1.82, 2.24) is 14.4 Å². The van der Waals surface area contributed by atoms with Gasteiger partial charge < -0.3 is 5.32 Å². The minimum atomic E-state index is 0.426. The summed E-state index contributed by atoms with van der Waals surface area (Å²) in [5, 5.41) is 3.87. The molecule has 102 valence electrons. The number of hydrogen-bond donors (Lipinski definition) is 1. The topological polar surface area (TPSA) is 42.2 Å². The molecule has 0 aliphatic heterocycles. The molecule has 0 bridgehead atoms. The fraction of sp³-hybridized carbons (Fsp3) is 0.200. The summed E-state index contributed by atoms with van der Waals surface area (Å²) in [4.78, 5) is 8.62. The third-order valence-corrected chi connectivity index (χ3v) is 3.48. The van der Waals surface area contributed by atoms with Crippen LogP contribution in [0.3, 0.4) is 0 Å². The van der Waals surface area contributed by atoms with Crippen molar-refractivity contribution < 1.29 is 0 Å². The molecule has 1 N–H and O–H groups in total. The predicted molar refractivity (Wildman–Crippen MR) is 81.1 cm³/mol. The Bertz CT molecular complexity index is 721. The lowest BCUT2D eigenvalue weighted by molar-refractivity contribution is 1.03. The molecule has 0 unspecified atom stereocenters. The van der Waals surface area contributed by atoms with E-state index in [-0.39, 0.29) is 0 Å². The van der Waals surface area contributed by atoms with E-state index < -0.39 is 0 Å². The lowest BCUT2D eigenvalue weighted by Crippen LogP contribution is -2.04. The highest BCUT2D eigenvalue weighted by atomic mass is 35.5. The summed E-state index contributed by atoms with van der Waals surface area (Å²) >= 11 is 6.09. The van der Waals surface area contributed by atoms with Crippen LogP contribution in [0.4, 0.5) is 5.82 Å². The molecule has 0 atom stereocenters. The smallest absolute Gasteiger partial charge is 0.176 e. The molecule has 0 radical (unpaired) electrons. The van der Waals surface area contributed by atoms with Crippen molar-refractivity contribution in [3.05, 3.63) is 59.1 Å². The van der Waals surface area contributed by atoms with E-state index in [1.807, 2.05) is 28.8 Å². The molecule has 0 saturated heterocycles. The molecule has 5 heteroatoms. The number of nitrogens with one attached hydrogen (secondary N) is 1. The van der Waals surface area contributed by atoms with Gasteiger partial charge in [0.2, 0.25) is 0 Å². The van der Waals surface area contributed by atoms with E-state index in [1.165, 1.54) is 5.56 Å². The summed E-state index contributed by atoms with van der Waals surface area (Å²) in [7, 11) is 0. The highest BCUT2D eigenvalue weighted by molar-refractivity contribution is 6.32. The minimum Gasteiger partial charge on any atom is -0.366 e. The van der Waals surface area contributed by atoms with Gasteiger partial charge in [-0.1, -0.05) is 48.9 Å². The Kier molecular flexibility index (Phi) is 3.56. The van der Waals surface area contributed by atoms with Gasteiger partial charge in [0.1, 0.15) is 5.82 Å². The second kappa shape index (κ2) is 5.51. The maximum Gasteiger partial charge on any atom is 0.176 e. The van der Waals surface area contributed by atoms with E-state index in [9.17, 15) is 0 Å².